The van der Waals surface area contributed by atoms with E-state index in [-0.39, 0.29) is 5.91 Å². The first-order chi connectivity index (χ1) is 10.3. The van der Waals surface area contributed by atoms with Gasteiger partial charge in [-0.05, 0) is 31.5 Å². The highest BCUT2D eigenvalue weighted by Crippen LogP contribution is 2.29. The molecular weight excluding hydrogens is 280 g/mol. The number of nitrogens with zero attached hydrogens (tertiary/aromatic N) is 1. The highest BCUT2D eigenvalue weighted by molar-refractivity contribution is 5.80. The molecule has 1 rings (SSSR count). The predicted octanol–water partition coefficient (Wildman–Crippen LogP) is 2.44. The van der Waals surface area contributed by atoms with E-state index in [9.17, 15) is 4.79 Å². The largest absolute Gasteiger partial charge is 0.490 e. The first-order valence-corrected chi connectivity index (χ1v) is 7.72. The van der Waals surface area contributed by atoms with E-state index in [1.807, 2.05) is 25.1 Å². The van der Waals surface area contributed by atoms with Crippen LogP contribution in [0.5, 0.6) is 11.5 Å². The van der Waals surface area contributed by atoms with E-state index < -0.39 is 6.10 Å². The van der Waals surface area contributed by atoms with Gasteiger partial charge in [-0.3, -0.25) is 4.79 Å². The molecule has 0 aromatic heterocycles. The number of carbonyl (C=O) groups is 1. The van der Waals surface area contributed by atoms with Gasteiger partial charge in [0.15, 0.2) is 17.6 Å². The van der Waals surface area contributed by atoms with Gasteiger partial charge in [-0.25, -0.2) is 0 Å². The quantitative estimate of drug-likeness (QED) is 0.801. The Morgan fingerprint density at radius 3 is 2.45 bits per heavy atom. The summed E-state index contributed by atoms with van der Waals surface area (Å²) in [7, 11) is 3.43. The molecule has 0 aliphatic carbocycles. The van der Waals surface area contributed by atoms with Crippen LogP contribution in [0.3, 0.4) is 0 Å². The first-order valence-electron chi connectivity index (χ1n) is 7.72. The lowest BCUT2D eigenvalue weighted by molar-refractivity contribution is -0.135. The summed E-state index contributed by atoms with van der Waals surface area (Å²) in [5, 5.41) is 3.37. The minimum Gasteiger partial charge on any atom is -0.490 e. The fourth-order valence-corrected chi connectivity index (χ4v) is 1.95. The standard InChI is InChI=1S/C17H28N2O3/c1-7-21-16-10-14(11-18-12(2)3)8-9-15(16)22-13(4)17(20)19(5)6/h8-10,12-13,18H,7,11H2,1-6H3. The molecular formula is C17H28N2O3. The number of hydrogen-bond donors (Lipinski definition) is 1. The molecule has 1 aromatic carbocycles. The van der Waals surface area contributed by atoms with Crippen LogP contribution in [0, 0.1) is 0 Å². The average Bonchev–Trinajstić information content (AvgIpc) is 2.46. The monoisotopic (exact) mass is 308 g/mol. The maximum Gasteiger partial charge on any atom is 0.262 e. The predicted molar refractivity (Wildman–Crippen MR) is 88.4 cm³/mol. The third-order valence-electron chi connectivity index (χ3n) is 3.11. The maximum atomic E-state index is 11.9. The summed E-state index contributed by atoms with van der Waals surface area (Å²) in [6, 6.07) is 6.23. The number of ether oxygens (including phenoxy) is 2. The number of hydrogen-bond acceptors (Lipinski definition) is 4. The minimum absolute atomic E-state index is 0.0759. The highest BCUT2D eigenvalue weighted by Gasteiger charge is 2.18. The van der Waals surface area contributed by atoms with Crippen LogP contribution in [0.2, 0.25) is 0 Å². The SMILES string of the molecule is CCOc1cc(CNC(C)C)ccc1OC(C)C(=O)N(C)C. The van der Waals surface area contributed by atoms with E-state index in [0.717, 1.165) is 12.1 Å². The summed E-state index contributed by atoms with van der Waals surface area (Å²) in [6.07, 6.45) is -0.547. The molecule has 5 heteroatoms. The van der Waals surface area contributed by atoms with E-state index in [1.165, 1.54) is 4.90 Å². The van der Waals surface area contributed by atoms with Crippen molar-refractivity contribution >= 4 is 5.91 Å². The molecule has 1 amide bonds. The van der Waals surface area contributed by atoms with Crippen molar-refractivity contribution in [2.45, 2.75) is 46.4 Å². The van der Waals surface area contributed by atoms with Crippen molar-refractivity contribution < 1.29 is 14.3 Å². The molecule has 0 bridgehead atoms. The number of carbonyl (C=O) groups excluding carboxylic acids is 1. The molecule has 1 atom stereocenters. The summed E-state index contributed by atoms with van der Waals surface area (Å²) < 4.78 is 11.4. The molecule has 0 radical (unpaired) electrons. The van der Waals surface area contributed by atoms with Crippen LogP contribution in [-0.2, 0) is 11.3 Å². The first kappa shape index (κ1) is 18.3. The van der Waals surface area contributed by atoms with Crippen LogP contribution in [0.15, 0.2) is 18.2 Å². The van der Waals surface area contributed by atoms with E-state index in [0.29, 0.717) is 24.1 Å². The third kappa shape index (κ3) is 5.56. The Kier molecular flexibility index (Phi) is 7.18. The van der Waals surface area contributed by atoms with Crippen LogP contribution in [-0.4, -0.2) is 43.7 Å². The van der Waals surface area contributed by atoms with Gasteiger partial charge < -0.3 is 19.7 Å². The Balaban J connectivity index is 2.87. The van der Waals surface area contributed by atoms with Gasteiger partial charge in [0.1, 0.15) is 0 Å². The van der Waals surface area contributed by atoms with Crippen molar-refractivity contribution in [1.29, 1.82) is 0 Å². The van der Waals surface area contributed by atoms with Crippen molar-refractivity contribution in [3.8, 4) is 11.5 Å². The lowest BCUT2D eigenvalue weighted by atomic mass is 10.2. The summed E-state index contributed by atoms with van der Waals surface area (Å²) in [5.74, 6) is 1.19. The van der Waals surface area contributed by atoms with Gasteiger partial charge >= 0.3 is 0 Å². The number of amides is 1. The van der Waals surface area contributed by atoms with Gasteiger partial charge in [0.05, 0.1) is 6.61 Å². The highest BCUT2D eigenvalue weighted by atomic mass is 16.5. The summed E-state index contributed by atoms with van der Waals surface area (Å²) in [4.78, 5) is 13.4. The summed E-state index contributed by atoms with van der Waals surface area (Å²) in [5.41, 5.74) is 1.12. The van der Waals surface area contributed by atoms with Crippen molar-refractivity contribution in [2.75, 3.05) is 20.7 Å². The Morgan fingerprint density at radius 1 is 1.23 bits per heavy atom. The Morgan fingerprint density at radius 2 is 1.91 bits per heavy atom. The van der Waals surface area contributed by atoms with Gasteiger partial charge in [-0.2, -0.15) is 0 Å². The maximum absolute atomic E-state index is 11.9. The number of nitrogens with one attached hydrogen (secondary N) is 1. The van der Waals surface area contributed by atoms with E-state index in [2.05, 4.69) is 19.2 Å². The lowest BCUT2D eigenvalue weighted by Gasteiger charge is -2.20. The van der Waals surface area contributed by atoms with Crippen molar-refractivity contribution in [2.24, 2.45) is 0 Å². The van der Waals surface area contributed by atoms with Crippen LogP contribution in [0.4, 0.5) is 0 Å². The molecule has 22 heavy (non-hydrogen) atoms. The zero-order valence-corrected chi connectivity index (χ0v) is 14.5. The molecule has 0 fully saturated rings. The van der Waals surface area contributed by atoms with E-state index in [4.69, 9.17) is 9.47 Å². The Hall–Kier alpha value is -1.75. The average molecular weight is 308 g/mol. The minimum atomic E-state index is -0.547. The van der Waals surface area contributed by atoms with E-state index in [1.54, 1.807) is 21.0 Å². The summed E-state index contributed by atoms with van der Waals surface area (Å²) in [6.45, 7) is 9.20. The Labute approximate surface area is 133 Å². The fraction of sp³-hybridized carbons (Fsp3) is 0.588. The fourth-order valence-electron chi connectivity index (χ4n) is 1.95. The van der Waals surface area contributed by atoms with Crippen LogP contribution < -0.4 is 14.8 Å². The molecule has 0 heterocycles. The van der Waals surface area contributed by atoms with Crippen molar-refractivity contribution in [1.82, 2.24) is 10.2 Å². The number of benzene rings is 1. The van der Waals surface area contributed by atoms with Crippen LogP contribution in [0.1, 0.15) is 33.3 Å². The molecule has 0 aliphatic rings. The second-order valence-corrected chi connectivity index (χ2v) is 5.74. The third-order valence-corrected chi connectivity index (χ3v) is 3.11. The van der Waals surface area contributed by atoms with Gasteiger partial charge in [0.25, 0.3) is 5.91 Å². The second-order valence-electron chi connectivity index (χ2n) is 5.74. The number of rotatable bonds is 8. The normalized spacial score (nSPS) is 12.1. The molecule has 1 aromatic rings. The van der Waals surface area contributed by atoms with Crippen LogP contribution in [0.25, 0.3) is 0 Å². The van der Waals surface area contributed by atoms with Gasteiger partial charge in [-0.15, -0.1) is 0 Å². The van der Waals surface area contributed by atoms with Gasteiger partial charge in [0.2, 0.25) is 0 Å². The summed E-state index contributed by atoms with van der Waals surface area (Å²) >= 11 is 0. The van der Waals surface area contributed by atoms with Crippen molar-refractivity contribution in [3.05, 3.63) is 23.8 Å². The molecule has 124 valence electrons. The van der Waals surface area contributed by atoms with Crippen molar-refractivity contribution in [3.63, 3.8) is 0 Å². The second kappa shape index (κ2) is 8.63. The zero-order valence-electron chi connectivity index (χ0n) is 14.5. The smallest absolute Gasteiger partial charge is 0.262 e. The molecule has 1 N–H and O–H groups in total. The molecule has 5 nitrogen and oxygen atoms in total. The molecule has 0 saturated heterocycles. The van der Waals surface area contributed by atoms with Gasteiger partial charge in [0, 0.05) is 26.7 Å². The number of likely N-dealkylation sites (N-methyl/N-ethyl adjacent to an activating group) is 1. The lowest BCUT2D eigenvalue weighted by Crippen LogP contribution is -2.35. The van der Waals surface area contributed by atoms with Gasteiger partial charge in [-0.1, -0.05) is 19.9 Å². The van der Waals surface area contributed by atoms with Crippen LogP contribution >= 0.6 is 0 Å². The molecule has 1 unspecified atom stereocenters. The molecule has 0 saturated carbocycles. The van der Waals surface area contributed by atoms with E-state index >= 15 is 0 Å². The molecule has 0 aliphatic heterocycles. The Bertz CT molecular complexity index is 487. The molecule has 0 spiro atoms. The topological polar surface area (TPSA) is 50.8 Å². The zero-order chi connectivity index (χ0) is 16.7.